The number of hydrogen-bond acceptors (Lipinski definition) is 13. The van der Waals surface area contributed by atoms with Gasteiger partial charge in [-0.3, -0.25) is 19.7 Å². The third kappa shape index (κ3) is 5.22. The van der Waals surface area contributed by atoms with Gasteiger partial charge in [0.25, 0.3) is 5.91 Å². The number of carbonyl (C=O) groups is 2. The zero-order valence-electron chi connectivity index (χ0n) is 23.6. The normalized spacial score (nSPS) is 30.3. The first-order chi connectivity index (χ1) is 21.4. The molecule has 0 radical (unpaired) electrons. The van der Waals surface area contributed by atoms with Crippen molar-refractivity contribution in [2.45, 2.75) is 61.6 Å². The predicted octanol–water partition coefficient (Wildman–Crippen LogP) is -0.835. The highest BCUT2D eigenvalue weighted by Crippen LogP contribution is 2.55. The molecule has 45 heavy (non-hydrogen) atoms. The van der Waals surface area contributed by atoms with Gasteiger partial charge in [-0.05, 0) is 35.4 Å². The minimum Gasteiger partial charge on any atom is -0.508 e. The zero-order chi connectivity index (χ0) is 32.2. The molecule has 1 amide bonds. The van der Waals surface area contributed by atoms with Crippen molar-refractivity contribution in [3.05, 3.63) is 52.6 Å². The molecular weight excluding hydrogens is 594 g/mol. The molecule has 238 valence electrons. The molecule has 1 saturated heterocycles. The van der Waals surface area contributed by atoms with Crippen molar-refractivity contribution < 1.29 is 59.9 Å². The lowest BCUT2D eigenvalue weighted by Crippen LogP contribution is -2.68. The fourth-order valence-corrected chi connectivity index (χ4v) is 6.25. The Labute approximate surface area is 255 Å². The van der Waals surface area contributed by atoms with E-state index in [9.17, 15) is 50.4 Å². The van der Waals surface area contributed by atoms with Crippen molar-refractivity contribution in [3.63, 3.8) is 0 Å². The summed E-state index contributed by atoms with van der Waals surface area (Å²) in [5.74, 6) is -5.28. The number of rotatable bonds is 6. The molecule has 0 aliphatic carbocycles. The van der Waals surface area contributed by atoms with Gasteiger partial charge in [0.15, 0.2) is 11.5 Å². The highest BCUT2D eigenvalue weighted by atomic mass is 16.7. The molecule has 2 aromatic rings. The van der Waals surface area contributed by atoms with E-state index in [0.717, 1.165) is 11.0 Å². The molecule has 1 spiro atoms. The number of nitrogens with zero attached hydrogens (tertiary/aromatic N) is 3. The van der Waals surface area contributed by atoms with E-state index in [2.05, 4.69) is 9.98 Å². The number of phenolic OH excluding ortho intramolecular Hbond substituents is 2. The molecule has 15 heteroatoms. The van der Waals surface area contributed by atoms with Crippen molar-refractivity contribution in [1.82, 2.24) is 0 Å². The number of carbonyl (C=O) groups excluding carboxylic acids is 1. The van der Waals surface area contributed by atoms with Gasteiger partial charge in [0.05, 0.1) is 29.7 Å². The molecule has 4 aliphatic rings. The Morgan fingerprint density at radius 1 is 1.09 bits per heavy atom. The van der Waals surface area contributed by atoms with E-state index in [4.69, 9.17) is 9.47 Å². The molecule has 1 fully saturated rings. The molecule has 7 atom stereocenters. The van der Waals surface area contributed by atoms with Crippen LogP contribution in [0.1, 0.15) is 34.8 Å². The number of aromatic hydroxyl groups is 2. The molecule has 6 rings (SSSR count). The lowest BCUT2D eigenvalue weighted by molar-refractivity contribution is -0.349. The van der Waals surface area contributed by atoms with Crippen LogP contribution in [0, 0.1) is 0 Å². The Morgan fingerprint density at radius 3 is 2.56 bits per heavy atom. The largest absolute Gasteiger partial charge is 0.508 e. The van der Waals surface area contributed by atoms with Crippen molar-refractivity contribution >= 4 is 35.6 Å². The number of anilines is 1. The minimum atomic E-state index is -2.21. The van der Waals surface area contributed by atoms with Crippen LogP contribution < -0.4 is 9.64 Å². The van der Waals surface area contributed by atoms with Gasteiger partial charge in [-0.1, -0.05) is 6.07 Å². The third-order valence-corrected chi connectivity index (χ3v) is 8.45. The summed E-state index contributed by atoms with van der Waals surface area (Å²) in [6.07, 6.45) is -4.76. The lowest BCUT2D eigenvalue weighted by atomic mass is 9.84. The number of aliphatic hydroxyl groups excluding tert-OH is 5. The number of hydrogen-bond donors (Lipinski definition) is 8. The summed E-state index contributed by atoms with van der Waals surface area (Å²) in [5.41, 5.74) is 1.83. The molecule has 0 aromatic heterocycles. The average Bonchev–Trinajstić information content (AvgIpc) is 3.66. The first-order valence-electron chi connectivity index (χ1n) is 14.1. The van der Waals surface area contributed by atoms with Crippen LogP contribution >= 0.6 is 0 Å². The average molecular weight is 626 g/mol. The van der Waals surface area contributed by atoms with Crippen molar-refractivity contribution in [2.24, 2.45) is 9.98 Å². The summed E-state index contributed by atoms with van der Waals surface area (Å²) in [6, 6.07) is 4.44. The number of carboxylic acid groups (broad SMARTS) is 1. The van der Waals surface area contributed by atoms with E-state index < -0.39 is 78.8 Å². The van der Waals surface area contributed by atoms with Crippen LogP contribution in [0.5, 0.6) is 17.2 Å². The number of ether oxygens (including phenoxy) is 2. The van der Waals surface area contributed by atoms with Gasteiger partial charge in [-0.25, -0.2) is 4.79 Å². The Bertz CT molecular complexity index is 1640. The molecule has 2 aromatic carbocycles. The predicted molar refractivity (Wildman–Crippen MR) is 155 cm³/mol. The molecule has 0 unspecified atom stereocenters. The second kappa shape index (κ2) is 11.5. The highest BCUT2D eigenvalue weighted by Gasteiger charge is 2.59. The molecule has 0 bridgehead atoms. The van der Waals surface area contributed by atoms with Crippen molar-refractivity contribution in [1.29, 1.82) is 0 Å². The lowest BCUT2D eigenvalue weighted by Gasteiger charge is -2.50. The van der Waals surface area contributed by atoms with Gasteiger partial charge in [0, 0.05) is 37.1 Å². The van der Waals surface area contributed by atoms with Gasteiger partial charge < -0.3 is 50.3 Å². The summed E-state index contributed by atoms with van der Waals surface area (Å²) in [4.78, 5) is 35.2. The number of aliphatic imine (C=N–C) groups is 2. The van der Waals surface area contributed by atoms with Crippen LogP contribution in [0.4, 0.5) is 5.69 Å². The van der Waals surface area contributed by atoms with Gasteiger partial charge in [-0.15, -0.1) is 0 Å². The fourth-order valence-electron chi connectivity index (χ4n) is 6.25. The molecule has 4 heterocycles. The third-order valence-electron chi connectivity index (χ3n) is 8.45. The van der Waals surface area contributed by atoms with Crippen LogP contribution in [0.25, 0.3) is 6.08 Å². The van der Waals surface area contributed by atoms with Gasteiger partial charge >= 0.3 is 5.97 Å². The fraction of sp³-hybridized carbons (Fsp3) is 0.400. The quantitative estimate of drug-likeness (QED) is 0.183. The first kappa shape index (κ1) is 30.6. The first-order valence-corrected chi connectivity index (χ1v) is 14.1. The second-order valence-corrected chi connectivity index (χ2v) is 11.3. The topological polar surface area (TPSA) is 242 Å². The van der Waals surface area contributed by atoms with E-state index in [1.54, 1.807) is 18.3 Å². The highest BCUT2D eigenvalue weighted by molar-refractivity contribution is 6.32. The van der Waals surface area contributed by atoms with Crippen molar-refractivity contribution in [2.75, 3.05) is 18.2 Å². The van der Waals surface area contributed by atoms with Crippen LogP contribution in [0.3, 0.4) is 0 Å². The van der Waals surface area contributed by atoms with E-state index >= 15 is 0 Å². The summed E-state index contributed by atoms with van der Waals surface area (Å²) >= 11 is 0. The number of benzene rings is 2. The SMILES string of the molecule is O=C(O)[C@H]1Cc2cc(O)c3c(c2N1C(=O)/C=C/c1ccc(O)c(CC2=NCN=C2)c1)[C@@H](O)C[C@@]1(O3)O[C@H](CO)[C@@H](O)[C@H](O)[C@H]1O. The zero-order valence-corrected chi connectivity index (χ0v) is 23.6. The molecule has 4 aliphatic heterocycles. The molecule has 0 saturated carbocycles. The second-order valence-electron chi connectivity index (χ2n) is 11.3. The number of carboxylic acids is 1. The summed E-state index contributed by atoms with van der Waals surface area (Å²) < 4.78 is 11.5. The van der Waals surface area contributed by atoms with E-state index in [-0.39, 0.29) is 29.0 Å². The summed E-state index contributed by atoms with van der Waals surface area (Å²) in [5, 5.41) is 83.6. The Kier molecular flexibility index (Phi) is 7.84. The van der Waals surface area contributed by atoms with Crippen LogP contribution in [0.2, 0.25) is 0 Å². The maximum Gasteiger partial charge on any atom is 0.327 e. The number of phenols is 2. The van der Waals surface area contributed by atoms with Crippen molar-refractivity contribution in [3.8, 4) is 17.2 Å². The summed E-state index contributed by atoms with van der Waals surface area (Å²) in [6.45, 7) is -0.452. The summed E-state index contributed by atoms with van der Waals surface area (Å²) in [7, 11) is 0. The van der Waals surface area contributed by atoms with Crippen LogP contribution in [-0.4, -0.2) is 114 Å². The number of amides is 1. The Morgan fingerprint density at radius 2 is 1.87 bits per heavy atom. The van der Waals surface area contributed by atoms with E-state index in [0.29, 0.717) is 29.9 Å². The van der Waals surface area contributed by atoms with E-state index in [1.807, 2.05) is 0 Å². The van der Waals surface area contributed by atoms with E-state index in [1.165, 1.54) is 18.2 Å². The number of aliphatic carboxylic acids is 1. The number of aliphatic hydroxyl groups is 5. The minimum absolute atomic E-state index is 0.0123. The standard InChI is InChI=1S/C30H31N3O12/c34-11-21-25(39)26(40)28(41)30(44-21)9-20(37)23-24-15(8-19(36)27(23)45-30)7-17(29(42)43)33(24)22(38)4-2-13-1-3-18(35)14(5-13)6-16-10-31-12-32-16/h1-5,8,10,17,20-21,25-26,28,34-37,39-41H,6-7,9,11-12H2,(H,42,43)/b4-2+/t17-,20+,21-,25-,26+,28-,30+/m1/s1. The monoisotopic (exact) mass is 625 g/mol. The molecular formula is C30H31N3O12. The van der Waals surface area contributed by atoms with Gasteiger partial charge in [-0.2, -0.15) is 0 Å². The number of fused-ring (bicyclic) bond motifs is 3. The Balaban J connectivity index is 1.35. The smallest absolute Gasteiger partial charge is 0.327 e. The van der Waals surface area contributed by atoms with Crippen LogP contribution in [0.15, 0.2) is 40.3 Å². The molecule has 15 nitrogen and oxygen atoms in total. The van der Waals surface area contributed by atoms with Gasteiger partial charge in [0.2, 0.25) is 5.79 Å². The van der Waals surface area contributed by atoms with Gasteiger partial charge in [0.1, 0.15) is 42.9 Å². The van der Waals surface area contributed by atoms with Crippen LogP contribution in [-0.2, 0) is 27.2 Å². The molecule has 8 N–H and O–H groups in total. The maximum atomic E-state index is 13.7. The maximum absolute atomic E-state index is 13.7. The Hall–Kier alpha value is -4.38.